The molecule has 0 atom stereocenters. The van der Waals surface area contributed by atoms with Gasteiger partial charge in [0.1, 0.15) is 11.5 Å². The molecule has 0 bridgehead atoms. The summed E-state index contributed by atoms with van der Waals surface area (Å²) in [6.07, 6.45) is 1.53. The van der Waals surface area contributed by atoms with E-state index in [1.54, 1.807) is 18.2 Å². The van der Waals surface area contributed by atoms with Gasteiger partial charge in [-0.25, -0.2) is 4.98 Å². The van der Waals surface area contributed by atoms with Gasteiger partial charge < -0.3 is 15.6 Å². The second-order valence-corrected chi connectivity index (χ2v) is 3.84. The number of carbonyl (C=O) groups excluding carboxylic acids is 1. The third-order valence-electron chi connectivity index (χ3n) is 2.65. The van der Waals surface area contributed by atoms with Gasteiger partial charge >= 0.3 is 0 Å². The van der Waals surface area contributed by atoms with Crippen LogP contribution >= 0.6 is 0 Å². The first-order chi connectivity index (χ1) is 8.08. The molecule has 0 spiro atoms. The van der Waals surface area contributed by atoms with Gasteiger partial charge in [-0.3, -0.25) is 4.79 Å². The van der Waals surface area contributed by atoms with Crippen molar-refractivity contribution in [1.82, 2.24) is 9.55 Å². The van der Waals surface area contributed by atoms with Crippen LogP contribution in [0.1, 0.15) is 16.2 Å². The smallest absolute Gasteiger partial charge is 0.272 e. The molecule has 0 radical (unpaired) electrons. The lowest BCUT2D eigenvalue weighted by Gasteiger charge is -2.06. The van der Waals surface area contributed by atoms with E-state index in [4.69, 9.17) is 5.73 Å². The summed E-state index contributed by atoms with van der Waals surface area (Å²) in [6.45, 7) is 1.95. The summed E-state index contributed by atoms with van der Waals surface area (Å²) in [5.41, 5.74) is 7.74. The number of nitrogen functional groups attached to an aromatic ring is 1. The Balaban J connectivity index is 2.17. The molecule has 0 saturated carbocycles. The van der Waals surface area contributed by atoms with Gasteiger partial charge in [-0.05, 0) is 31.2 Å². The normalized spacial score (nSPS) is 10.2. The largest absolute Gasteiger partial charge is 0.384 e. The lowest BCUT2D eigenvalue weighted by atomic mass is 10.3. The van der Waals surface area contributed by atoms with Crippen LogP contribution in [0.4, 0.5) is 11.5 Å². The number of nitrogens with zero attached hydrogens (tertiary/aromatic N) is 2. The van der Waals surface area contributed by atoms with Crippen LogP contribution < -0.4 is 11.1 Å². The van der Waals surface area contributed by atoms with E-state index in [-0.39, 0.29) is 5.91 Å². The highest BCUT2D eigenvalue weighted by molar-refractivity contribution is 6.03. The Kier molecular flexibility index (Phi) is 2.82. The van der Waals surface area contributed by atoms with Gasteiger partial charge in [0.25, 0.3) is 5.91 Å². The monoisotopic (exact) mass is 230 g/mol. The van der Waals surface area contributed by atoms with Crippen molar-refractivity contribution >= 4 is 17.4 Å². The van der Waals surface area contributed by atoms with Crippen LogP contribution in [-0.4, -0.2) is 15.5 Å². The fourth-order valence-corrected chi connectivity index (χ4v) is 1.52. The number of hydrogen-bond donors (Lipinski definition) is 2. The molecule has 5 nitrogen and oxygen atoms in total. The summed E-state index contributed by atoms with van der Waals surface area (Å²) >= 11 is 0. The van der Waals surface area contributed by atoms with Crippen LogP contribution in [0.25, 0.3) is 0 Å². The molecule has 0 aliphatic rings. The van der Waals surface area contributed by atoms with Gasteiger partial charge in [-0.2, -0.15) is 0 Å². The number of amides is 1. The Hall–Kier alpha value is -2.30. The fraction of sp³-hybridized carbons (Fsp3) is 0.167. The molecule has 5 heteroatoms. The fourth-order valence-electron chi connectivity index (χ4n) is 1.52. The summed E-state index contributed by atoms with van der Waals surface area (Å²) in [5, 5.41) is 2.76. The van der Waals surface area contributed by atoms with E-state index in [1.807, 2.05) is 24.6 Å². The van der Waals surface area contributed by atoms with E-state index >= 15 is 0 Å². The number of aryl methyl sites for hydroxylation is 1. The number of hydrogen-bond acceptors (Lipinski definition) is 3. The number of pyridine rings is 1. The van der Waals surface area contributed by atoms with Crippen molar-refractivity contribution in [2.75, 3.05) is 11.1 Å². The van der Waals surface area contributed by atoms with E-state index in [1.165, 1.54) is 6.20 Å². The molecule has 0 fully saturated rings. The van der Waals surface area contributed by atoms with E-state index in [0.29, 0.717) is 17.2 Å². The van der Waals surface area contributed by atoms with Crippen molar-refractivity contribution < 1.29 is 4.79 Å². The highest BCUT2D eigenvalue weighted by Crippen LogP contribution is 2.11. The van der Waals surface area contributed by atoms with Gasteiger partial charge in [0.15, 0.2) is 0 Å². The number of anilines is 2. The van der Waals surface area contributed by atoms with E-state index in [0.717, 1.165) is 5.69 Å². The Morgan fingerprint density at radius 1 is 1.35 bits per heavy atom. The molecule has 2 rings (SSSR count). The maximum absolute atomic E-state index is 11.9. The van der Waals surface area contributed by atoms with Crippen molar-refractivity contribution in [1.29, 1.82) is 0 Å². The number of nitrogens with two attached hydrogens (primary N) is 1. The quantitative estimate of drug-likeness (QED) is 0.822. The maximum Gasteiger partial charge on any atom is 0.272 e. The average molecular weight is 230 g/mol. The minimum absolute atomic E-state index is 0.160. The minimum Gasteiger partial charge on any atom is -0.384 e. The van der Waals surface area contributed by atoms with Crippen LogP contribution in [0.15, 0.2) is 30.5 Å². The molecular formula is C12H14N4O. The zero-order valence-electron chi connectivity index (χ0n) is 9.77. The van der Waals surface area contributed by atoms with Crippen LogP contribution in [0.3, 0.4) is 0 Å². The first-order valence-electron chi connectivity index (χ1n) is 5.23. The van der Waals surface area contributed by atoms with Crippen LogP contribution in [-0.2, 0) is 7.05 Å². The Labute approximate surface area is 99.3 Å². The number of nitrogens with one attached hydrogen (secondary N) is 1. The maximum atomic E-state index is 11.9. The van der Waals surface area contributed by atoms with Crippen molar-refractivity contribution in [3.8, 4) is 0 Å². The molecule has 0 saturated heterocycles. The lowest BCUT2D eigenvalue weighted by molar-refractivity contribution is 0.101. The lowest BCUT2D eigenvalue weighted by Crippen LogP contribution is -2.16. The zero-order chi connectivity index (χ0) is 12.4. The third kappa shape index (κ3) is 2.28. The minimum atomic E-state index is -0.160. The Bertz CT molecular complexity index is 542. The van der Waals surface area contributed by atoms with E-state index in [2.05, 4.69) is 10.3 Å². The van der Waals surface area contributed by atoms with Gasteiger partial charge in [0.05, 0.1) is 11.9 Å². The van der Waals surface area contributed by atoms with Gasteiger partial charge in [-0.1, -0.05) is 0 Å². The van der Waals surface area contributed by atoms with Crippen molar-refractivity contribution in [2.45, 2.75) is 6.92 Å². The summed E-state index contributed by atoms with van der Waals surface area (Å²) in [5.74, 6) is 0.268. The SMILES string of the molecule is Cc1ccc(C(=O)Nc2ccc(N)nc2)n1C. The van der Waals surface area contributed by atoms with Crippen molar-refractivity contribution in [2.24, 2.45) is 7.05 Å². The first kappa shape index (κ1) is 11.2. The van der Waals surface area contributed by atoms with Gasteiger partial charge in [0.2, 0.25) is 0 Å². The van der Waals surface area contributed by atoms with E-state index in [9.17, 15) is 4.79 Å². The van der Waals surface area contributed by atoms with Gasteiger partial charge in [0, 0.05) is 12.7 Å². The molecule has 2 aromatic rings. The molecule has 3 N–H and O–H groups in total. The third-order valence-corrected chi connectivity index (χ3v) is 2.65. The Morgan fingerprint density at radius 2 is 2.12 bits per heavy atom. The second kappa shape index (κ2) is 4.29. The molecule has 0 aromatic carbocycles. The number of carbonyl (C=O) groups is 1. The zero-order valence-corrected chi connectivity index (χ0v) is 9.77. The van der Waals surface area contributed by atoms with Crippen molar-refractivity contribution in [3.05, 3.63) is 41.9 Å². The highest BCUT2D eigenvalue weighted by Gasteiger charge is 2.10. The predicted molar refractivity (Wildman–Crippen MR) is 66.8 cm³/mol. The van der Waals surface area contributed by atoms with Crippen LogP contribution in [0, 0.1) is 6.92 Å². The molecule has 2 heterocycles. The highest BCUT2D eigenvalue weighted by atomic mass is 16.1. The molecule has 0 aliphatic heterocycles. The van der Waals surface area contributed by atoms with Gasteiger partial charge in [-0.15, -0.1) is 0 Å². The summed E-state index contributed by atoms with van der Waals surface area (Å²) in [6, 6.07) is 7.05. The topological polar surface area (TPSA) is 72.9 Å². The number of rotatable bonds is 2. The Morgan fingerprint density at radius 3 is 2.65 bits per heavy atom. The predicted octanol–water partition coefficient (Wildman–Crippen LogP) is 1.56. The molecule has 1 amide bonds. The van der Waals surface area contributed by atoms with Crippen LogP contribution in [0.5, 0.6) is 0 Å². The number of aromatic nitrogens is 2. The summed E-state index contributed by atoms with van der Waals surface area (Å²) in [7, 11) is 1.85. The molecule has 88 valence electrons. The van der Waals surface area contributed by atoms with Crippen molar-refractivity contribution in [3.63, 3.8) is 0 Å². The average Bonchev–Trinajstić information content (AvgIpc) is 2.63. The molecule has 0 aliphatic carbocycles. The standard InChI is InChI=1S/C12H14N4O/c1-8-3-5-10(16(8)2)12(17)15-9-4-6-11(13)14-7-9/h3-7H,1-2H3,(H2,13,14)(H,15,17). The molecular weight excluding hydrogens is 216 g/mol. The second-order valence-electron chi connectivity index (χ2n) is 3.84. The molecule has 17 heavy (non-hydrogen) atoms. The molecule has 0 unspecified atom stereocenters. The van der Waals surface area contributed by atoms with E-state index < -0.39 is 0 Å². The summed E-state index contributed by atoms with van der Waals surface area (Å²) < 4.78 is 1.83. The first-order valence-corrected chi connectivity index (χ1v) is 5.23. The summed E-state index contributed by atoms with van der Waals surface area (Å²) in [4.78, 5) is 15.9. The van der Waals surface area contributed by atoms with Crippen LogP contribution in [0.2, 0.25) is 0 Å². The molecule has 2 aromatic heterocycles.